The largest absolute Gasteiger partial charge is 0.355 e. The van der Waals surface area contributed by atoms with E-state index in [0.717, 1.165) is 47.6 Å². The Morgan fingerprint density at radius 3 is 2.79 bits per heavy atom. The van der Waals surface area contributed by atoms with Gasteiger partial charge in [-0.1, -0.05) is 18.2 Å². The Kier molecular flexibility index (Phi) is 5.28. The summed E-state index contributed by atoms with van der Waals surface area (Å²) in [7, 11) is 0. The third-order valence-corrected chi connectivity index (χ3v) is 5.61. The molecule has 2 heterocycles. The molecule has 0 saturated carbocycles. The van der Waals surface area contributed by atoms with Crippen molar-refractivity contribution < 1.29 is 4.79 Å². The van der Waals surface area contributed by atoms with Crippen molar-refractivity contribution in [2.24, 2.45) is 0 Å². The molecule has 0 unspecified atom stereocenters. The van der Waals surface area contributed by atoms with Crippen LogP contribution >= 0.6 is 0 Å². The van der Waals surface area contributed by atoms with Crippen LogP contribution in [0.5, 0.6) is 0 Å². The predicted octanol–water partition coefficient (Wildman–Crippen LogP) is 2.99. The number of carbonyl (C=O) groups excluding carboxylic acids is 1. The molecule has 3 aromatic rings. The highest BCUT2D eigenvalue weighted by Gasteiger charge is 2.18. The predicted molar refractivity (Wildman–Crippen MR) is 109 cm³/mol. The minimum Gasteiger partial charge on any atom is -0.355 e. The van der Waals surface area contributed by atoms with Crippen LogP contribution < -0.4 is 5.32 Å². The Balaban J connectivity index is 1.37. The topological polar surface area (TPSA) is 75.6 Å². The zero-order valence-corrected chi connectivity index (χ0v) is 16.6. The number of aromatic amines is 1. The molecule has 2 N–H and O–H groups in total. The van der Waals surface area contributed by atoms with Crippen molar-refractivity contribution in [2.45, 2.75) is 52.4 Å². The van der Waals surface area contributed by atoms with Gasteiger partial charge in [0.05, 0.1) is 23.5 Å². The first-order valence-corrected chi connectivity index (χ1v) is 10.1. The summed E-state index contributed by atoms with van der Waals surface area (Å²) in [5.74, 6) is 0.0308. The first-order valence-electron chi connectivity index (χ1n) is 10.1. The molecule has 146 valence electrons. The summed E-state index contributed by atoms with van der Waals surface area (Å²) in [6, 6.07) is 10.0. The number of carbonyl (C=O) groups is 1. The van der Waals surface area contributed by atoms with E-state index in [0.29, 0.717) is 13.0 Å². The zero-order valence-electron chi connectivity index (χ0n) is 16.6. The van der Waals surface area contributed by atoms with Crippen LogP contribution in [0.15, 0.2) is 30.3 Å². The van der Waals surface area contributed by atoms with Crippen LogP contribution in [0.25, 0.3) is 5.69 Å². The highest BCUT2D eigenvalue weighted by molar-refractivity contribution is 5.79. The fraction of sp³-hybridized carbons (Fsp3) is 0.409. The summed E-state index contributed by atoms with van der Waals surface area (Å²) in [6.45, 7) is 4.59. The quantitative estimate of drug-likeness (QED) is 0.693. The van der Waals surface area contributed by atoms with Crippen molar-refractivity contribution in [3.8, 4) is 5.69 Å². The lowest BCUT2D eigenvalue weighted by atomic mass is 9.95. The lowest BCUT2D eigenvalue weighted by molar-refractivity contribution is -0.120. The summed E-state index contributed by atoms with van der Waals surface area (Å²) in [5.41, 5.74) is 7.69. The van der Waals surface area contributed by atoms with Gasteiger partial charge in [-0.25, -0.2) is 4.68 Å². The summed E-state index contributed by atoms with van der Waals surface area (Å²) in [5, 5.41) is 15.3. The number of aryl methyl sites for hydroxylation is 2. The molecule has 4 rings (SSSR count). The van der Waals surface area contributed by atoms with E-state index < -0.39 is 0 Å². The van der Waals surface area contributed by atoms with Gasteiger partial charge in [0.25, 0.3) is 0 Å². The molecule has 6 heteroatoms. The van der Waals surface area contributed by atoms with Crippen LogP contribution in [-0.2, 0) is 30.5 Å². The maximum absolute atomic E-state index is 12.5. The second-order valence-corrected chi connectivity index (χ2v) is 7.51. The highest BCUT2D eigenvalue weighted by Crippen LogP contribution is 2.22. The SMILES string of the molecule is Cc1nn(-c2ccccc2)c(C)c1CC(=O)NCCc1n[nH]c2c1CCCC2. The molecule has 1 aliphatic carbocycles. The molecule has 0 atom stereocenters. The molecule has 0 fully saturated rings. The standard InChI is InChI=1S/C22H27N5O/c1-15-19(16(2)27(26-15)17-8-4-3-5-9-17)14-22(28)23-13-12-21-18-10-6-7-11-20(18)24-25-21/h3-5,8-9H,6-7,10-14H2,1-2H3,(H,23,28)(H,24,25). The number of amides is 1. The molecule has 0 saturated heterocycles. The maximum Gasteiger partial charge on any atom is 0.224 e. The van der Waals surface area contributed by atoms with Crippen molar-refractivity contribution >= 4 is 5.91 Å². The molecular weight excluding hydrogens is 350 g/mol. The van der Waals surface area contributed by atoms with E-state index >= 15 is 0 Å². The molecule has 0 aliphatic heterocycles. The van der Waals surface area contributed by atoms with Gasteiger partial charge in [-0.2, -0.15) is 10.2 Å². The molecule has 1 aliphatic rings. The van der Waals surface area contributed by atoms with Crippen molar-refractivity contribution in [3.63, 3.8) is 0 Å². The van der Waals surface area contributed by atoms with E-state index in [1.807, 2.05) is 48.9 Å². The number of fused-ring (bicyclic) bond motifs is 1. The summed E-state index contributed by atoms with van der Waals surface area (Å²) in [4.78, 5) is 12.5. The fourth-order valence-electron chi connectivity index (χ4n) is 4.05. The molecule has 6 nitrogen and oxygen atoms in total. The summed E-state index contributed by atoms with van der Waals surface area (Å²) in [6.07, 6.45) is 5.80. The van der Waals surface area contributed by atoms with Gasteiger partial charge >= 0.3 is 0 Å². The number of para-hydroxylation sites is 1. The normalized spacial score (nSPS) is 13.4. The summed E-state index contributed by atoms with van der Waals surface area (Å²) < 4.78 is 1.91. The van der Waals surface area contributed by atoms with Crippen LogP contribution in [0.3, 0.4) is 0 Å². The minimum absolute atomic E-state index is 0.0308. The first kappa shape index (κ1) is 18.5. The van der Waals surface area contributed by atoms with Gasteiger partial charge in [0.2, 0.25) is 5.91 Å². The van der Waals surface area contributed by atoms with E-state index in [2.05, 4.69) is 20.6 Å². The van der Waals surface area contributed by atoms with E-state index in [1.165, 1.54) is 24.1 Å². The van der Waals surface area contributed by atoms with Crippen molar-refractivity contribution in [1.82, 2.24) is 25.3 Å². The van der Waals surface area contributed by atoms with Crippen LogP contribution in [0.1, 0.15) is 46.7 Å². The Morgan fingerprint density at radius 1 is 1.18 bits per heavy atom. The van der Waals surface area contributed by atoms with E-state index in [1.54, 1.807) is 0 Å². The van der Waals surface area contributed by atoms with Gasteiger partial charge in [-0.05, 0) is 57.2 Å². The van der Waals surface area contributed by atoms with Crippen molar-refractivity contribution in [1.29, 1.82) is 0 Å². The first-order chi connectivity index (χ1) is 13.6. The lowest BCUT2D eigenvalue weighted by Gasteiger charge is -2.11. The van der Waals surface area contributed by atoms with Crippen LogP contribution in [0.2, 0.25) is 0 Å². The van der Waals surface area contributed by atoms with E-state index in [4.69, 9.17) is 0 Å². The Morgan fingerprint density at radius 2 is 1.96 bits per heavy atom. The number of hydrogen-bond donors (Lipinski definition) is 2. The van der Waals surface area contributed by atoms with Crippen LogP contribution in [-0.4, -0.2) is 32.4 Å². The number of nitrogens with one attached hydrogen (secondary N) is 2. The van der Waals surface area contributed by atoms with Gasteiger partial charge in [0, 0.05) is 29.9 Å². The molecule has 28 heavy (non-hydrogen) atoms. The van der Waals surface area contributed by atoms with E-state index in [9.17, 15) is 4.79 Å². The number of hydrogen-bond acceptors (Lipinski definition) is 3. The third kappa shape index (κ3) is 3.72. The molecule has 0 radical (unpaired) electrons. The van der Waals surface area contributed by atoms with E-state index in [-0.39, 0.29) is 5.91 Å². The molecule has 0 spiro atoms. The van der Waals surface area contributed by atoms with Crippen molar-refractivity contribution in [2.75, 3.05) is 6.54 Å². The number of aromatic nitrogens is 4. The van der Waals surface area contributed by atoms with Gasteiger partial charge in [-0.15, -0.1) is 0 Å². The average molecular weight is 377 g/mol. The Bertz CT molecular complexity index is 970. The average Bonchev–Trinajstić information content (AvgIpc) is 3.25. The van der Waals surface area contributed by atoms with Crippen molar-refractivity contribution in [3.05, 3.63) is 64.2 Å². The molecule has 2 aromatic heterocycles. The highest BCUT2D eigenvalue weighted by atomic mass is 16.1. The second kappa shape index (κ2) is 8.00. The monoisotopic (exact) mass is 377 g/mol. The van der Waals surface area contributed by atoms with Gasteiger partial charge < -0.3 is 5.32 Å². The molecular formula is C22H27N5O. The molecule has 1 amide bonds. The minimum atomic E-state index is 0.0308. The summed E-state index contributed by atoms with van der Waals surface area (Å²) >= 11 is 0. The smallest absolute Gasteiger partial charge is 0.224 e. The van der Waals surface area contributed by atoms with Gasteiger partial charge in [-0.3, -0.25) is 9.89 Å². The van der Waals surface area contributed by atoms with Crippen LogP contribution in [0, 0.1) is 13.8 Å². The zero-order chi connectivity index (χ0) is 19.5. The molecule has 0 bridgehead atoms. The lowest BCUT2D eigenvalue weighted by Crippen LogP contribution is -2.28. The third-order valence-electron chi connectivity index (χ3n) is 5.61. The number of nitrogens with zero attached hydrogens (tertiary/aromatic N) is 3. The maximum atomic E-state index is 12.5. The Labute approximate surface area is 165 Å². The number of benzene rings is 1. The van der Waals surface area contributed by atoms with Gasteiger partial charge in [0.15, 0.2) is 0 Å². The number of rotatable bonds is 6. The number of H-pyrrole nitrogens is 1. The Hall–Kier alpha value is -2.89. The molecule has 1 aromatic carbocycles. The second-order valence-electron chi connectivity index (χ2n) is 7.51. The van der Waals surface area contributed by atoms with Gasteiger partial charge in [0.1, 0.15) is 0 Å². The fourth-order valence-corrected chi connectivity index (χ4v) is 4.05. The van der Waals surface area contributed by atoms with Crippen LogP contribution in [0.4, 0.5) is 0 Å².